The number of halogens is 2. The minimum absolute atomic E-state index is 0.0792. The number of hydrogen-bond donors (Lipinski definition) is 2. The van der Waals surface area contributed by atoms with Crippen LogP contribution in [0.5, 0.6) is 0 Å². The zero-order valence-electron chi connectivity index (χ0n) is 27.0. The molecule has 48 heavy (non-hydrogen) atoms. The molecule has 3 N–H and O–H groups in total. The fourth-order valence-electron chi connectivity index (χ4n) is 9.10. The number of hydrogen-bond acceptors (Lipinski definition) is 12. The Kier molecular flexibility index (Phi) is 6.88. The molecule has 14 heteroatoms. The highest BCUT2D eigenvalue weighted by Gasteiger charge is 2.50. The Bertz CT molecular complexity index is 2030. The molecule has 3 atom stereocenters. The topological polar surface area (TPSA) is 131 Å². The molecule has 0 radical (unpaired) electrons. The number of likely N-dealkylation sites (tertiary alicyclic amines) is 2. The van der Waals surface area contributed by atoms with Crippen molar-refractivity contribution in [3.63, 3.8) is 0 Å². The minimum atomic E-state index is -0.609. The van der Waals surface area contributed by atoms with E-state index in [1.807, 2.05) is 6.92 Å². The summed E-state index contributed by atoms with van der Waals surface area (Å²) in [4.78, 5) is 23.9. The van der Waals surface area contributed by atoms with Gasteiger partial charge in [-0.1, -0.05) is 0 Å². The molecule has 5 aliphatic rings. The van der Waals surface area contributed by atoms with Crippen molar-refractivity contribution in [3.05, 3.63) is 34.5 Å². The number of nitriles is 1. The summed E-state index contributed by atoms with van der Waals surface area (Å²) < 4.78 is 38.7. The molecule has 2 unspecified atom stereocenters. The molecule has 4 aromatic rings. The molecule has 0 amide bonds. The Balaban J connectivity index is 1.26. The van der Waals surface area contributed by atoms with Gasteiger partial charge >= 0.3 is 0 Å². The number of aliphatic hydroxyl groups excluding tert-OH is 1. The largest absolute Gasteiger partial charge is 0.392 e. The molecule has 1 aromatic carbocycles. The van der Waals surface area contributed by atoms with Gasteiger partial charge in [-0.3, -0.25) is 14.8 Å². The maximum atomic E-state index is 17.5. The minimum Gasteiger partial charge on any atom is -0.392 e. The van der Waals surface area contributed by atoms with Crippen molar-refractivity contribution >= 4 is 49.1 Å². The Morgan fingerprint density at radius 2 is 1.92 bits per heavy atom. The second-order valence-corrected chi connectivity index (χ2v) is 15.3. The molecule has 0 saturated carbocycles. The van der Waals surface area contributed by atoms with Gasteiger partial charge in [0.2, 0.25) is 5.95 Å². The van der Waals surface area contributed by atoms with Gasteiger partial charge in [-0.2, -0.15) is 10.2 Å². The Morgan fingerprint density at radius 3 is 2.60 bits per heavy atom. The molecule has 1 spiro atoms. The average molecular weight is 674 g/mol. The van der Waals surface area contributed by atoms with Crippen LogP contribution < -0.4 is 15.5 Å². The first kappa shape index (κ1) is 30.3. The van der Waals surface area contributed by atoms with Crippen LogP contribution in [0.15, 0.2) is 6.20 Å². The zero-order valence-corrected chi connectivity index (χ0v) is 27.8. The molecular formula is C34H37F2N9O2S. The molecule has 4 fully saturated rings. The summed E-state index contributed by atoms with van der Waals surface area (Å²) in [7, 11) is 2.17. The van der Waals surface area contributed by atoms with Crippen LogP contribution in [-0.2, 0) is 18.0 Å². The van der Waals surface area contributed by atoms with Gasteiger partial charge in [-0.15, -0.1) is 11.3 Å². The summed E-state index contributed by atoms with van der Waals surface area (Å²) in [6, 6.07) is 2.40. The van der Waals surface area contributed by atoms with E-state index in [0.717, 1.165) is 87.3 Å². The van der Waals surface area contributed by atoms with Crippen molar-refractivity contribution in [1.29, 1.82) is 5.26 Å². The van der Waals surface area contributed by atoms with Crippen LogP contribution in [0, 0.1) is 23.0 Å². The van der Waals surface area contributed by atoms with Gasteiger partial charge in [0.05, 0.1) is 52.4 Å². The number of rotatable bonds is 5. The number of ether oxygens (including phenoxy) is 1. The predicted octanol–water partition coefficient (Wildman–Crippen LogP) is 3.99. The SMILES string of the molecule is C[C@@H](O)CN1CC2CCC(C1)N2c1nc(N2CC3(CCCN3C)C2)nc2c(F)c(-c3ncc(F)c4sc(N)c(C#N)c34)c3c(c12)COC3. The molecule has 5 aliphatic heterocycles. The number of nitrogen functional groups attached to an aromatic ring is 1. The smallest absolute Gasteiger partial charge is 0.228 e. The number of nitrogens with zero attached hydrogens (tertiary/aromatic N) is 8. The molecule has 2 bridgehead atoms. The van der Waals surface area contributed by atoms with Crippen LogP contribution in [0.1, 0.15) is 49.3 Å². The molecule has 250 valence electrons. The van der Waals surface area contributed by atoms with Crippen LogP contribution >= 0.6 is 11.3 Å². The van der Waals surface area contributed by atoms with Crippen LogP contribution in [0.2, 0.25) is 0 Å². The van der Waals surface area contributed by atoms with E-state index in [1.165, 1.54) is 0 Å². The lowest BCUT2D eigenvalue weighted by atomic mass is 9.87. The first-order valence-corrected chi connectivity index (χ1v) is 17.5. The number of thiophene rings is 1. The van der Waals surface area contributed by atoms with Crippen LogP contribution in [0.4, 0.5) is 25.5 Å². The lowest BCUT2D eigenvalue weighted by Gasteiger charge is -2.52. The third-order valence-corrected chi connectivity index (χ3v) is 12.4. The van der Waals surface area contributed by atoms with Crippen LogP contribution in [0.25, 0.3) is 32.2 Å². The average Bonchev–Trinajstić information content (AvgIpc) is 3.80. The monoisotopic (exact) mass is 673 g/mol. The summed E-state index contributed by atoms with van der Waals surface area (Å²) in [6.45, 7) is 6.97. The van der Waals surface area contributed by atoms with E-state index >= 15 is 8.78 Å². The van der Waals surface area contributed by atoms with Gasteiger partial charge in [0.1, 0.15) is 22.4 Å². The highest BCUT2D eigenvalue weighted by molar-refractivity contribution is 7.23. The van der Waals surface area contributed by atoms with Gasteiger partial charge < -0.3 is 25.4 Å². The summed E-state index contributed by atoms with van der Waals surface area (Å²) in [5, 5.41) is 21.2. The van der Waals surface area contributed by atoms with Crippen molar-refractivity contribution in [2.75, 3.05) is 61.8 Å². The van der Waals surface area contributed by atoms with Gasteiger partial charge in [0, 0.05) is 55.8 Å². The summed E-state index contributed by atoms with van der Waals surface area (Å²) in [6.07, 6.45) is 4.86. The standard InChI is InChI=1S/C34H37F2N9O2S/c1-17(46)10-43-11-18-4-5-19(12-43)45(18)32-26-22-14-47-13-21(22)24(28-25-20(8-37)31(38)48-30(25)23(35)9-39-28)27(36)29(26)40-33(41-32)44-15-34(16-44)6-3-7-42(34)2/h9,17-19,46H,3-7,10-16,38H2,1-2H3/t17-,18?,19?/m1/s1. The Morgan fingerprint density at radius 1 is 1.17 bits per heavy atom. The van der Waals surface area contributed by atoms with Gasteiger partial charge in [-0.25, -0.2) is 13.8 Å². The van der Waals surface area contributed by atoms with Crippen molar-refractivity contribution in [3.8, 4) is 17.3 Å². The van der Waals surface area contributed by atoms with E-state index in [1.54, 1.807) is 0 Å². The fourth-order valence-corrected chi connectivity index (χ4v) is 10.0. The number of anilines is 3. The molecule has 4 saturated heterocycles. The molecule has 3 aromatic heterocycles. The predicted molar refractivity (Wildman–Crippen MR) is 180 cm³/mol. The van der Waals surface area contributed by atoms with E-state index < -0.39 is 17.7 Å². The first-order valence-electron chi connectivity index (χ1n) is 16.7. The number of nitrogens with two attached hydrogens (primary N) is 1. The van der Waals surface area contributed by atoms with E-state index in [9.17, 15) is 10.4 Å². The third-order valence-electron chi connectivity index (χ3n) is 11.3. The third kappa shape index (κ3) is 4.31. The van der Waals surface area contributed by atoms with Crippen molar-refractivity contribution in [2.24, 2.45) is 0 Å². The Labute approximate surface area is 280 Å². The number of piperazine rings is 1. The quantitative estimate of drug-likeness (QED) is 0.319. The number of β-amino-alcohol motifs (C(OH)–C–C–N with tert-alkyl or cyclic N) is 1. The van der Waals surface area contributed by atoms with Gasteiger partial charge in [0.25, 0.3) is 0 Å². The van der Waals surface area contributed by atoms with Crippen molar-refractivity contribution in [1.82, 2.24) is 24.8 Å². The summed E-state index contributed by atoms with van der Waals surface area (Å²) in [5.74, 6) is 0.0257. The first-order chi connectivity index (χ1) is 23.2. The molecule has 11 nitrogen and oxygen atoms in total. The number of likely N-dealkylation sites (N-methyl/N-ethyl adjacent to an activating group) is 1. The molecule has 0 aliphatic carbocycles. The molecule has 9 rings (SSSR count). The number of aliphatic hydroxyl groups is 1. The lowest BCUT2D eigenvalue weighted by Crippen LogP contribution is -2.67. The van der Waals surface area contributed by atoms with Gasteiger partial charge in [0.15, 0.2) is 11.6 Å². The van der Waals surface area contributed by atoms with E-state index in [2.05, 4.69) is 37.7 Å². The number of pyridine rings is 1. The van der Waals surface area contributed by atoms with E-state index in [4.69, 9.17) is 20.4 Å². The number of fused-ring (bicyclic) bond motifs is 6. The number of aromatic nitrogens is 3. The van der Waals surface area contributed by atoms with Crippen LogP contribution in [-0.4, -0.2) is 99.9 Å². The highest BCUT2D eigenvalue weighted by atomic mass is 32.1. The summed E-state index contributed by atoms with van der Waals surface area (Å²) in [5.41, 5.74) is 8.26. The van der Waals surface area contributed by atoms with Gasteiger partial charge in [-0.05, 0) is 57.3 Å². The van der Waals surface area contributed by atoms with Crippen molar-refractivity contribution < 1.29 is 18.6 Å². The van der Waals surface area contributed by atoms with E-state index in [0.29, 0.717) is 23.4 Å². The highest BCUT2D eigenvalue weighted by Crippen LogP contribution is 2.49. The lowest BCUT2D eigenvalue weighted by molar-refractivity contribution is 0.111. The second kappa shape index (κ2) is 10.9. The molecular weight excluding hydrogens is 636 g/mol. The van der Waals surface area contributed by atoms with E-state index in [-0.39, 0.29) is 68.3 Å². The van der Waals surface area contributed by atoms with Crippen molar-refractivity contribution in [2.45, 2.75) is 69.5 Å². The summed E-state index contributed by atoms with van der Waals surface area (Å²) >= 11 is 0.964. The normalized spacial score (nSPS) is 24.2. The maximum Gasteiger partial charge on any atom is 0.228 e. The van der Waals surface area contributed by atoms with Crippen LogP contribution in [0.3, 0.4) is 0 Å². The maximum absolute atomic E-state index is 17.5. The second-order valence-electron chi connectivity index (χ2n) is 14.3. The molecule has 8 heterocycles. The number of benzene rings is 1. The zero-order chi connectivity index (χ0) is 33.1. The Hall–Kier alpha value is -3.74. The fraction of sp³-hybridized carbons (Fsp3) is 0.529.